The molecular weight excluding hydrogens is 627 g/mol. The number of halogens is 3. The molecule has 0 heterocycles. The van der Waals surface area contributed by atoms with Crippen molar-refractivity contribution in [1.29, 1.82) is 0 Å². The van der Waals surface area contributed by atoms with Gasteiger partial charge in [0.05, 0.1) is 0 Å². The summed E-state index contributed by atoms with van der Waals surface area (Å²) >= 11 is 0. The fourth-order valence-electron chi connectivity index (χ4n) is 6.55. The molecule has 0 saturated carbocycles. The monoisotopic (exact) mass is 672 g/mol. The molecule has 0 amide bonds. The van der Waals surface area contributed by atoms with Crippen molar-refractivity contribution in [1.82, 2.24) is 0 Å². The third kappa shape index (κ3) is 7.09. The molecule has 0 bridgehead atoms. The SMILES string of the molecule is CC1=[C-]C(C)([Si](c2ccccc2)(c2cc(C)cc(C)c2)c2cc(C(C)(C)C)cc(C(C)(C)C)c2)C(C)=C1C.[Cl-].[Cl-].[Cl-].[Ti+4]. The van der Waals surface area contributed by atoms with Crippen LogP contribution in [0.3, 0.4) is 0 Å². The molecule has 0 spiro atoms. The smallest absolute Gasteiger partial charge is 1.00 e. The Kier molecular flexibility index (Phi) is 14.0. The Hall–Kier alpha value is -1.06. The second-order valence-corrected chi connectivity index (χ2v) is 18.1. The molecule has 2 unspecified atom stereocenters. The van der Waals surface area contributed by atoms with Gasteiger partial charge >= 0.3 is 21.7 Å². The minimum atomic E-state index is -2.73. The minimum Gasteiger partial charge on any atom is -1.00 e. The molecular formula is C37H47Cl3SiTi. The topological polar surface area (TPSA) is 0 Å². The predicted octanol–water partition coefficient (Wildman–Crippen LogP) is -0.762. The summed E-state index contributed by atoms with van der Waals surface area (Å²) in [4.78, 5) is 0. The van der Waals surface area contributed by atoms with E-state index in [0.717, 1.165) is 0 Å². The minimum absolute atomic E-state index is 0. The van der Waals surface area contributed by atoms with Crippen LogP contribution in [0.5, 0.6) is 0 Å². The zero-order chi connectivity index (χ0) is 28.3. The molecule has 1 aliphatic carbocycles. The second kappa shape index (κ2) is 14.4. The van der Waals surface area contributed by atoms with Gasteiger partial charge in [0, 0.05) is 0 Å². The van der Waals surface area contributed by atoms with E-state index >= 15 is 0 Å². The number of benzene rings is 3. The van der Waals surface area contributed by atoms with E-state index in [1.807, 2.05) is 0 Å². The first-order valence-corrected chi connectivity index (χ1v) is 16.1. The summed E-state index contributed by atoms with van der Waals surface area (Å²) in [6.45, 7) is 28.0. The van der Waals surface area contributed by atoms with Crippen LogP contribution in [-0.4, -0.2) is 8.07 Å². The molecule has 0 aliphatic heterocycles. The fraction of sp³-hybridized carbons (Fsp3) is 0.405. The van der Waals surface area contributed by atoms with Crippen LogP contribution in [0.1, 0.15) is 91.5 Å². The predicted molar refractivity (Wildman–Crippen MR) is 170 cm³/mol. The van der Waals surface area contributed by atoms with Crippen LogP contribution < -0.4 is 52.8 Å². The molecule has 4 rings (SSSR count). The van der Waals surface area contributed by atoms with Gasteiger partial charge < -0.3 is 37.2 Å². The first-order valence-electron chi connectivity index (χ1n) is 14.1. The maximum absolute atomic E-state index is 4.13. The zero-order valence-corrected chi connectivity index (χ0v) is 32.3. The summed E-state index contributed by atoms with van der Waals surface area (Å²) < 4.78 is 0. The standard InChI is InChI=1S/C37H47Si.3ClH.Ti/c1-25-18-26(2)20-33(19-25)38(32-16-14-13-15-17-32,37(12)24-27(3)28(4)29(37)5)34-22-30(35(6,7)8)21-31(23-34)36(9,10)11;;;;/h13-23H,1-12H3;3*1H;/q-1;;;;+4/p-3. The van der Waals surface area contributed by atoms with E-state index in [1.165, 1.54) is 54.5 Å². The fourth-order valence-corrected chi connectivity index (χ4v) is 12.7. The molecule has 0 N–H and O–H groups in total. The first-order chi connectivity index (χ1) is 17.5. The van der Waals surface area contributed by atoms with E-state index in [2.05, 4.69) is 156 Å². The van der Waals surface area contributed by atoms with Gasteiger partial charge in [0.25, 0.3) is 0 Å². The van der Waals surface area contributed by atoms with Crippen LogP contribution >= 0.6 is 0 Å². The van der Waals surface area contributed by atoms with Crippen LogP contribution in [0.2, 0.25) is 5.04 Å². The van der Waals surface area contributed by atoms with Gasteiger partial charge in [-0.25, -0.2) is 5.57 Å². The zero-order valence-electron chi connectivity index (χ0n) is 27.5. The van der Waals surface area contributed by atoms with Crippen molar-refractivity contribution >= 4 is 23.6 Å². The summed E-state index contributed by atoms with van der Waals surface area (Å²) in [6.07, 6.45) is 4.13. The van der Waals surface area contributed by atoms with Gasteiger partial charge in [-0.1, -0.05) is 145 Å². The van der Waals surface area contributed by atoms with Gasteiger partial charge in [-0.15, -0.1) is 6.92 Å². The normalized spacial score (nSPS) is 18.0. The molecule has 224 valence electrons. The Morgan fingerprint density at radius 3 is 1.40 bits per heavy atom. The third-order valence-corrected chi connectivity index (χ3v) is 14.5. The van der Waals surface area contributed by atoms with Crippen molar-refractivity contribution in [2.24, 2.45) is 0 Å². The van der Waals surface area contributed by atoms with Crippen LogP contribution in [0.4, 0.5) is 0 Å². The van der Waals surface area contributed by atoms with Crippen molar-refractivity contribution in [3.05, 3.63) is 112 Å². The summed E-state index contributed by atoms with van der Waals surface area (Å²) in [5.74, 6) is 0. The van der Waals surface area contributed by atoms with E-state index in [9.17, 15) is 0 Å². The van der Waals surface area contributed by atoms with Crippen molar-refractivity contribution in [3.63, 3.8) is 0 Å². The van der Waals surface area contributed by atoms with Crippen LogP contribution in [0.15, 0.2) is 83.4 Å². The maximum atomic E-state index is 4.13. The number of allylic oxidation sites excluding steroid dienone is 4. The van der Waals surface area contributed by atoms with Gasteiger partial charge in [-0.2, -0.15) is 11.1 Å². The average molecular weight is 674 g/mol. The van der Waals surface area contributed by atoms with Gasteiger partial charge in [0.1, 0.15) is 8.07 Å². The molecule has 0 radical (unpaired) electrons. The Bertz CT molecular complexity index is 1390. The Balaban J connectivity index is 0.00000420. The molecule has 3 aromatic rings. The Morgan fingerprint density at radius 2 is 1.02 bits per heavy atom. The number of hydrogen-bond acceptors (Lipinski definition) is 0. The van der Waals surface area contributed by atoms with E-state index in [0.29, 0.717) is 0 Å². The van der Waals surface area contributed by atoms with Gasteiger partial charge in [0.2, 0.25) is 0 Å². The molecule has 1 aliphatic rings. The van der Waals surface area contributed by atoms with Crippen molar-refractivity contribution in [3.8, 4) is 0 Å². The van der Waals surface area contributed by atoms with Crippen molar-refractivity contribution < 1.29 is 58.9 Å². The summed E-state index contributed by atoms with van der Waals surface area (Å²) in [7, 11) is -2.73. The number of hydrogen-bond donors (Lipinski definition) is 0. The molecule has 42 heavy (non-hydrogen) atoms. The molecule has 0 saturated heterocycles. The summed E-state index contributed by atoms with van der Waals surface area (Å²) in [5, 5.41) is 4.19. The second-order valence-electron chi connectivity index (χ2n) is 13.9. The molecule has 0 fully saturated rings. The number of aryl methyl sites for hydroxylation is 2. The van der Waals surface area contributed by atoms with E-state index in [4.69, 9.17) is 0 Å². The quantitative estimate of drug-likeness (QED) is 0.194. The first kappa shape index (κ1) is 40.9. The number of rotatable bonds is 4. The molecule has 2 atom stereocenters. The van der Waals surface area contributed by atoms with E-state index in [1.54, 1.807) is 0 Å². The van der Waals surface area contributed by atoms with Gasteiger partial charge in [-0.05, 0) is 51.4 Å². The maximum Gasteiger partial charge on any atom is 4.00 e. The summed E-state index contributed by atoms with van der Waals surface area (Å²) in [5.41, 5.74) is 9.73. The molecule has 0 nitrogen and oxygen atoms in total. The van der Waals surface area contributed by atoms with E-state index in [-0.39, 0.29) is 74.8 Å². The average Bonchev–Trinajstić information content (AvgIpc) is 3.01. The van der Waals surface area contributed by atoms with Crippen LogP contribution in [-0.2, 0) is 32.5 Å². The molecule has 5 heteroatoms. The largest absolute Gasteiger partial charge is 4.00 e. The summed E-state index contributed by atoms with van der Waals surface area (Å²) in [6, 6.07) is 26.3. The van der Waals surface area contributed by atoms with Gasteiger partial charge in [-0.3, -0.25) is 6.08 Å². The van der Waals surface area contributed by atoms with Crippen LogP contribution in [0.25, 0.3) is 0 Å². The molecule has 3 aromatic carbocycles. The Labute approximate surface area is 291 Å². The molecule has 0 aromatic heterocycles. The van der Waals surface area contributed by atoms with Gasteiger partial charge in [0.15, 0.2) is 0 Å². The third-order valence-electron chi connectivity index (χ3n) is 9.02. The van der Waals surface area contributed by atoms with E-state index < -0.39 is 8.07 Å². The van der Waals surface area contributed by atoms with Crippen molar-refractivity contribution in [2.45, 2.75) is 99.0 Å². The van der Waals surface area contributed by atoms with Crippen LogP contribution in [0, 0.1) is 19.9 Å². The Morgan fingerprint density at radius 1 is 0.595 bits per heavy atom. The van der Waals surface area contributed by atoms with Crippen molar-refractivity contribution in [2.75, 3.05) is 0 Å².